The summed E-state index contributed by atoms with van der Waals surface area (Å²) in [4.78, 5) is 14.4. The van der Waals surface area contributed by atoms with Gasteiger partial charge < -0.3 is 10.6 Å². The maximum Gasteiger partial charge on any atom is 0.238 e. The molecule has 0 spiro atoms. The third kappa shape index (κ3) is 2.86. The monoisotopic (exact) mass is 253 g/mol. The molecule has 1 amide bonds. The summed E-state index contributed by atoms with van der Waals surface area (Å²) in [6.45, 7) is 7.50. The van der Waals surface area contributed by atoms with Crippen LogP contribution in [0.5, 0.6) is 0 Å². The average molecular weight is 253 g/mol. The van der Waals surface area contributed by atoms with Gasteiger partial charge in [-0.2, -0.15) is 0 Å². The molecule has 2 aliphatic rings. The highest BCUT2D eigenvalue weighted by molar-refractivity contribution is 5.81. The highest BCUT2D eigenvalue weighted by Gasteiger charge is 2.37. The molecule has 18 heavy (non-hydrogen) atoms. The van der Waals surface area contributed by atoms with Crippen LogP contribution in [0.1, 0.15) is 33.1 Å². The second-order valence-electron chi connectivity index (χ2n) is 6.03. The third-order valence-electron chi connectivity index (χ3n) is 4.65. The van der Waals surface area contributed by atoms with Crippen molar-refractivity contribution in [3.05, 3.63) is 0 Å². The van der Waals surface area contributed by atoms with Crippen LogP contribution in [0.15, 0.2) is 0 Å². The van der Waals surface area contributed by atoms with Crippen LogP contribution in [0.4, 0.5) is 0 Å². The van der Waals surface area contributed by atoms with Crippen LogP contribution in [-0.4, -0.2) is 49.6 Å². The lowest BCUT2D eigenvalue weighted by Crippen LogP contribution is -2.62. The van der Waals surface area contributed by atoms with E-state index in [1.54, 1.807) is 7.05 Å². The lowest BCUT2D eigenvalue weighted by atomic mass is 9.78. The van der Waals surface area contributed by atoms with Gasteiger partial charge in [-0.25, -0.2) is 0 Å². The molecule has 0 aromatic rings. The molecule has 2 rings (SSSR count). The predicted molar refractivity (Wildman–Crippen MR) is 73.4 cm³/mol. The lowest BCUT2D eigenvalue weighted by molar-refractivity contribution is -0.128. The average Bonchev–Trinajstić information content (AvgIpc) is 2.38. The summed E-state index contributed by atoms with van der Waals surface area (Å²) in [7, 11) is 1.74. The third-order valence-corrected chi connectivity index (χ3v) is 4.65. The van der Waals surface area contributed by atoms with Gasteiger partial charge in [0.1, 0.15) is 6.04 Å². The zero-order valence-electron chi connectivity index (χ0n) is 11.9. The van der Waals surface area contributed by atoms with Crippen molar-refractivity contribution in [3.8, 4) is 0 Å². The van der Waals surface area contributed by atoms with Crippen molar-refractivity contribution in [3.63, 3.8) is 0 Å². The normalized spacial score (nSPS) is 38.4. The van der Waals surface area contributed by atoms with E-state index in [0.29, 0.717) is 12.0 Å². The Morgan fingerprint density at radius 2 is 2.11 bits per heavy atom. The summed E-state index contributed by atoms with van der Waals surface area (Å²) in [5, 5.41) is 6.15. The first-order valence-electron chi connectivity index (χ1n) is 7.31. The molecule has 4 unspecified atom stereocenters. The molecule has 0 bridgehead atoms. The number of piperazine rings is 1. The molecule has 0 aromatic heterocycles. The van der Waals surface area contributed by atoms with E-state index in [-0.39, 0.29) is 11.9 Å². The van der Waals surface area contributed by atoms with Crippen LogP contribution >= 0.6 is 0 Å². The number of carbonyl (C=O) groups is 1. The lowest BCUT2D eigenvalue weighted by Gasteiger charge is -2.45. The maximum absolute atomic E-state index is 12.0. The number of rotatable bonds is 2. The standard InChI is InChI=1S/C14H27N3O/c1-10-4-5-12(11(2)8-10)17-7-6-16-9-13(17)14(18)15-3/h10-13,16H,4-9H2,1-3H3,(H,15,18). The maximum atomic E-state index is 12.0. The summed E-state index contributed by atoms with van der Waals surface area (Å²) in [5.74, 6) is 1.71. The van der Waals surface area contributed by atoms with Crippen LogP contribution in [0, 0.1) is 11.8 Å². The van der Waals surface area contributed by atoms with Crippen molar-refractivity contribution in [2.24, 2.45) is 11.8 Å². The second-order valence-corrected chi connectivity index (χ2v) is 6.03. The topological polar surface area (TPSA) is 44.4 Å². The summed E-state index contributed by atoms with van der Waals surface area (Å²) in [5.41, 5.74) is 0. The number of nitrogens with one attached hydrogen (secondary N) is 2. The van der Waals surface area contributed by atoms with Crippen molar-refractivity contribution in [1.29, 1.82) is 0 Å². The Kier molecular flexibility index (Phi) is 4.62. The summed E-state index contributed by atoms with van der Waals surface area (Å²) >= 11 is 0. The van der Waals surface area contributed by atoms with Crippen LogP contribution in [0.2, 0.25) is 0 Å². The Labute approximate surface area is 110 Å². The Bertz CT molecular complexity index is 295. The van der Waals surface area contributed by atoms with Gasteiger partial charge in [0.2, 0.25) is 5.91 Å². The second kappa shape index (κ2) is 6.02. The molecule has 2 N–H and O–H groups in total. The number of carbonyl (C=O) groups excluding carboxylic acids is 1. The molecule has 1 saturated carbocycles. The van der Waals surface area contributed by atoms with Crippen molar-refractivity contribution in [1.82, 2.24) is 15.5 Å². The quantitative estimate of drug-likeness (QED) is 0.766. The molecule has 1 heterocycles. The Morgan fingerprint density at radius 1 is 1.33 bits per heavy atom. The fourth-order valence-corrected chi connectivity index (χ4v) is 3.67. The van der Waals surface area contributed by atoms with Crippen LogP contribution in [0.25, 0.3) is 0 Å². The number of hydrogen-bond donors (Lipinski definition) is 2. The van der Waals surface area contributed by atoms with Gasteiger partial charge in [0.25, 0.3) is 0 Å². The largest absolute Gasteiger partial charge is 0.358 e. The zero-order valence-corrected chi connectivity index (χ0v) is 11.9. The van der Waals surface area contributed by atoms with Crippen molar-refractivity contribution < 1.29 is 4.79 Å². The minimum Gasteiger partial charge on any atom is -0.358 e. The first-order chi connectivity index (χ1) is 8.63. The predicted octanol–water partition coefficient (Wildman–Crippen LogP) is 0.831. The zero-order chi connectivity index (χ0) is 13.1. The molecule has 0 aromatic carbocycles. The van der Waals surface area contributed by atoms with Gasteiger partial charge in [-0.3, -0.25) is 9.69 Å². The minimum atomic E-state index is 0.0182. The van der Waals surface area contributed by atoms with Crippen LogP contribution in [0.3, 0.4) is 0 Å². The molecular weight excluding hydrogens is 226 g/mol. The minimum absolute atomic E-state index is 0.0182. The highest BCUT2D eigenvalue weighted by Crippen LogP contribution is 2.33. The van der Waals surface area contributed by atoms with Crippen molar-refractivity contribution in [2.45, 2.75) is 45.2 Å². The van der Waals surface area contributed by atoms with E-state index in [1.165, 1.54) is 19.3 Å². The number of likely N-dealkylation sites (N-methyl/N-ethyl adjacent to an activating group) is 1. The van der Waals surface area contributed by atoms with E-state index in [1.807, 2.05) is 0 Å². The van der Waals surface area contributed by atoms with Gasteiger partial charge in [0.15, 0.2) is 0 Å². The summed E-state index contributed by atoms with van der Waals surface area (Å²) < 4.78 is 0. The van der Waals surface area contributed by atoms with Gasteiger partial charge in [-0.05, 0) is 31.1 Å². The van der Waals surface area contributed by atoms with E-state index in [9.17, 15) is 4.79 Å². The number of amides is 1. The van der Waals surface area contributed by atoms with Crippen LogP contribution in [-0.2, 0) is 4.79 Å². The van der Waals surface area contributed by atoms with Gasteiger partial charge in [0.05, 0.1) is 0 Å². The first-order valence-corrected chi connectivity index (χ1v) is 7.31. The molecule has 1 saturated heterocycles. The van der Waals surface area contributed by atoms with Gasteiger partial charge in [-0.1, -0.05) is 13.8 Å². The molecule has 4 atom stereocenters. The number of nitrogens with zero attached hydrogens (tertiary/aromatic N) is 1. The smallest absolute Gasteiger partial charge is 0.238 e. The van der Waals surface area contributed by atoms with Crippen LogP contribution < -0.4 is 10.6 Å². The highest BCUT2D eigenvalue weighted by atomic mass is 16.2. The fourth-order valence-electron chi connectivity index (χ4n) is 3.67. The molecule has 4 heteroatoms. The van der Waals surface area contributed by atoms with E-state index in [4.69, 9.17) is 0 Å². The van der Waals surface area contributed by atoms with Crippen molar-refractivity contribution in [2.75, 3.05) is 26.7 Å². The van der Waals surface area contributed by atoms with Gasteiger partial charge in [-0.15, -0.1) is 0 Å². The van der Waals surface area contributed by atoms with Gasteiger partial charge >= 0.3 is 0 Å². The Balaban J connectivity index is 2.06. The van der Waals surface area contributed by atoms with E-state index in [0.717, 1.165) is 25.6 Å². The molecule has 0 radical (unpaired) electrons. The molecule has 104 valence electrons. The first kappa shape index (κ1) is 13.8. The molecule has 4 nitrogen and oxygen atoms in total. The van der Waals surface area contributed by atoms with Gasteiger partial charge in [0, 0.05) is 32.7 Å². The SMILES string of the molecule is CNC(=O)C1CNCCN1C1CCC(C)CC1C. The van der Waals surface area contributed by atoms with E-state index >= 15 is 0 Å². The molecule has 1 aliphatic heterocycles. The molecule has 1 aliphatic carbocycles. The number of hydrogen-bond acceptors (Lipinski definition) is 3. The Hall–Kier alpha value is -0.610. The molecule has 2 fully saturated rings. The Morgan fingerprint density at radius 3 is 2.78 bits per heavy atom. The summed E-state index contributed by atoms with van der Waals surface area (Å²) in [6.07, 6.45) is 3.85. The summed E-state index contributed by atoms with van der Waals surface area (Å²) in [6, 6.07) is 0.607. The van der Waals surface area contributed by atoms with E-state index in [2.05, 4.69) is 29.4 Å². The van der Waals surface area contributed by atoms with Crippen molar-refractivity contribution >= 4 is 5.91 Å². The molecular formula is C14H27N3O. The fraction of sp³-hybridized carbons (Fsp3) is 0.929. The van der Waals surface area contributed by atoms with E-state index < -0.39 is 0 Å².